The summed E-state index contributed by atoms with van der Waals surface area (Å²) < 4.78 is 19.9. The van der Waals surface area contributed by atoms with Crippen LogP contribution in [0, 0.1) is 11.2 Å². The first-order valence-corrected chi connectivity index (χ1v) is 12.1. The minimum Gasteiger partial charge on any atom is -0.379 e. The molecule has 2 aromatic rings. The number of carbonyl (C=O) groups is 3. The monoisotopic (exact) mass is 512 g/mol. The van der Waals surface area contributed by atoms with Crippen molar-refractivity contribution in [1.82, 2.24) is 15.1 Å². The van der Waals surface area contributed by atoms with Gasteiger partial charge in [0.15, 0.2) is 0 Å². The lowest BCUT2D eigenvalue weighted by atomic mass is 9.96. The van der Waals surface area contributed by atoms with Crippen LogP contribution < -0.4 is 16.8 Å². The molecule has 0 unspecified atom stereocenters. The Bertz CT molecular complexity index is 1130. The van der Waals surface area contributed by atoms with E-state index in [1.54, 1.807) is 29.2 Å². The maximum Gasteiger partial charge on any atom is 0.256 e. The summed E-state index contributed by atoms with van der Waals surface area (Å²) in [6.07, 6.45) is 0.0946. The second-order valence-electron chi connectivity index (χ2n) is 8.63. The highest BCUT2D eigenvalue weighted by molar-refractivity contribution is 6.09. The molecule has 1 aliphatic rings. The molecule has 3 amide bonds. The van der Waals surface area contributed by atoms with E-state index in [4.69, 9.17) is 21.6 Å². The normalized spacial score (nSPS) is 13.5. The van der Waals surface area contributed by atoms with Crippen LogP contribution in [-0.4, -0.2) is 92.3 Å². The van der Waals surface area contributed by atoms with E-state index in [-0.39, 0.29) is 48.8 Å². The quantitative estimate of drug-likeness (QED) is 0.238. The van der Waals surface area contributed by atoms with Gasteiger partial charge in [0.05, 0.1) is 25.3 Å². The van der Waals surface area contributed by atoms with Crippen LogP contribution in [0.1, 0.15) is 31.8 Å². The van der Waals surface area contributed by atoms with Crippen molar-refractivity contribution in [2.75, 3.05) is 59.0 Å². The van der Waals surface area contributed by atoms with Crippen LogP contribution in [0.5, 0.6) is 0 Å². The summed E-state index contributed by atoms with van der Waals surface area (Å²) in [7, 11) is 0. The smallest absolute Gasteiger partial charge is 0.256 e. The molecule has 0 bridgehead atoms. The molecule has 11 heteroatoms. The highest BCUT2D eigenvalue weighted by Crippen LogP contribution is 2.18. The molecule has 37 heavy (non-hydrogen) atoms. The van der Waals surface area contributed by atoms with Gasteiger partial charge in [0.2, 0.25) is 11.8 Å². The fourth-order valence-electron chi connectivity index (χ4n) is 4.07. The van der Waals surface area contributed by atoms with Crippen LogP contribution in [0.2, 0.25) is 0 Å². The molecule has 1 heterocycles. The largest absolute Gasteiger partial charge is 0.379 e. The molecule has 0 saturated carbocycles. The number of nitrogens with one attached hydrogen (secondary N) is 2. The molecule has 6 N–H and O–H groups in total. The molecular formula is C26H33FN6O4. The molecular weight excluding hydrogens is 479 g/mol. The van der Waals surface area contributed by atoms with E-state index in [9.17, 15) is 18.8 Å². The summed E-state index contributed by atoms with van der Waals surface area (Å²) in [4.78, 5) is 40.4. The SMILES string of the molecule is N=C(Cc1ccc(F)c(C(=O)N2CCN(C(=O)CNCCOCCN)CC2)c1)c1ccccc1C(N)=O. The molecule has 1 saturated heterocycles. The Hall–Kier alpha value is -3.67. The van der Waals surface area contributed by atoms with Gasteiger partial charge in [-0.15, -0.1) is 0 Å². The van der Waals surface area contributed by atoms with E-state index in [0.717, 1.165) is 0 Å². The van der Waals surface area contributed by atoms with Crippen molar-refractivity contribution in [1.29, 1.82) is 5.41 Å². The van der Waals surface area contributed by atoms with Crippen molar-refractivity contribution >= 4 is 23.4 Å². The lowest BCUT2D eigenvalue weighted by Gasteiger charge is -2.35. The van der Waals surface area contributed by atoms with E-state index in [1.165, 1.54) is 23.1 Å². The first-order chi connectivity index (χ1) is 17.8. The number of benzene rings is 2. The molecule has 10 nitrogen and oxygen atoms in total. The van der Waals surface area contributed by atoms with Crippen molar-refractivity contribution in [2.24, 2.45) is 11.5 Å². The Kier molecular flexibility index (Phi) is 10.2. The van der Waals surface area contributed by atoms with Crippen LogP contribution in [0.4, 0.5) is 4.39 Å². The van der Waals surface area contributed by atoms with Crippen molar-refractivity contribution in [3.8, 4) is 0 Å². The Labute approximate surface area is 215 Å². The fraction of sp³-hybridized carbons (Fsp3) is 0.385. The summed E-state index contributed by atoms with van der Waals surface area (Å²) in [5.41, 5.74) is 12.0. The molecule has 1 fully saturated rings. The predicted molar refractivity (Wildman–Crippen MR) is 137 cm³/mol. The molecule has 2 aromatic carbocycles. The van der Waals surface area contributed by atoms with E-state index in [1.807, 2.05) is 0 Å². The molecule has 0 spiro atoms. The summed E-state index contributed by atoms with van der Waals surface area (Å²) in [6.45, 7) is 3.37. The molecule has 0 aliphatic carbocycles. The first kappa shape index (κ1) is 27.9. The lowest BCUT2D eigenvalue weighted by molar-refractivity contribution is -0.131. The van der Waals surface area contributed by atoms with Gasteiger partial charge in [-0.1, -0.05) is 24.3 Å². The Morgan fingerprint density at radius 3 is 2.32 bits per heavy atom. The maximum absolute atomic E-state index is 14.6. The Morgan fingerprint density at radius 1 is 0.973 bits per heavy atom. The summed E-state index contributed by atoms with van der Waals surface area (Å²) in [5.74, 6) is -1.84. The highest BCUT2D eigenvalue weighted by atomic mass is 19.1. The van der Waals surface area contributed by atoms with Crippen LogP contribution in [-0.2, 0) is 16.0 Å². The number of nitrogens with two attached hydrogens (primary N) is 2. The van der Waals surface area contributed by atoms with Gasteiger partial charge in [-0.05, 0) is 23.8 Å². The third kappa shape index (κ3) is 7.66. The highest BCUT2D eigenvalue weighted by Gasteiger charge is 2.26. The summed E-state index contributed by atoms with van der Waals surface area (Å²) in [5, 5.41) is 11.5. The second-order valence-corrected chi connectivity index (χ2v) is 8.63. The average Bonchev–Trinajstić information content (AvgIpc) is 2.91. The van der Waals surface area contributed by atoms with Crippen LogP contribution >= 0.6 is 0 Å². The molecule has 0 aromatic heterocycles. The number of hydrogen-bond donors (Lipinski definition) is 4. The maximum atomic E-state index is 14.6. The van der Waals surface area contributed by atoms with Crippen LogP contribution in [0.15, 0.2) is 42.5 Å². The predicted octanol–water partition coefficient (Wildman–Crippen LogP) is 0.384. The fourth-order valence-corrected chi connectivity index (χ4v) is 4.07. The van der Waals surface area contributed by atoms with Gasteiger partial charge in [-0.2, -0.15) is 0 Å². The molecule has 0 atom stereocenters. The lowest BCUT2D eigenvalue weighted by Crippen LogP contribution is -2.52. The zero-order chi connectivity index (χ0) is 26.8. The van der Waals surface area contributed by atoms with Gasteiger partial charge in [0, 0.05) is 62.5 Å². The van der Waals surface area contributed by atoms with E-state index >= 15 is 0 Å². The average molecular weight is 513 g/mol. The van der Waals surface area contributed by atoms with Crippen molar-refractivity contribution in [3.05, 3.63) is 70.5 Å². The number of amides is 3. The van der Waals surface area contributed by atoms with Crippen LogP contribution in [0.3, 0.4) is 0 Å². The van der Waals surface area contributed by atoms with Crippen molar-refractivity contribution in [3.63, 3.8) is 0 Å². The third-order valence-corrected chi connectivity index (χ3v) is 6.04. The molecule has 0 radical (unpaired) electrons. The van der Waals surface area contributed by atoms with Gasteiger partial charge in [-0.25, -0.2) is 4.39 Å². The molecule has 1 aliphatic heterocycles. The minimum atomic E-state index is -0.655. The number of primary amides is 1. The number of rotatable bonds is 12. The zero-order valence-corrected chi connectivity index (χ0v) is 20.7. The number of nitrogens with zero attached hydrogens (tertiary/aromatic N) is 2. The summed E-state index contributed by atoms with van der Waals surface area (Å²) >= 11 is 0. The topological polar surface area (TPSA) is 155 Å². The third-order valence-electron chi connectivity index (χ3n) is 6.04. The second kappa shape index (κ2) is 13.6. The number of piperazine rings is 1. The number of ether oxygens (including phenoxy) is 1. The number of hydrogen-bond acceptors (Lipinski definition) is 7. The number of halogens is 1. The van der Waals surface area contributed by atoms with Gasteiger partial charge < -0.3 is 36.7 Å². The van der Waals surface area contributed by atoms with Crippen molar-refractivity contribution in [2.45, 2.75) is 6.42 Å². The minimum absolute atomic E-state index is 0.0751. The van der Waals surface area contributed by atoms with E-state index in [0.29, 0.717) is 50.5 Å². The van der Waals surface area contributed by atoms with Gasteiger partial charge in [0.25, 0.3) is 5.91 Å². The number of carbonyl (C=O) groups excluding carboxylic acids is 3. The van der Waals surface area contributed by atoms with Gasteiger partial charge in [0.1, 0.15) is 5.82 Å². The first-order valence-electron chi connectivity index (χ1n) is 12.1. The van der Waals surface area contributed by atoms with Crippen molar-refractivity contribution < 1.29 is 23.5 Å². The summed E-state index contributed by atoms with van der Waals surface area (Å²) in [6, 6.07) is 10.7. The molecule has 198 valence electrons. The van der Waals surface area contributed by atoms with E-state index < -0.39 is 17.6 Å². The van der Waals surface area contributed by atoms with Gasteiger partial charge in [-0.3, -0.25) is 14.4 Å². The zero-order valence-electron chi connectivity index (χ0n) is 20.7. The molecule has 3 rings (SSSR count). The standard InChI is InChI=1S/C26H33FN6O4/c27-22-6-5-18(16-23(29)19-3-1-2-4-20(19)25(30)35)15-21(22)26(36)33-11-9-32(10-12-33)24(34)17-31-8-14-37-13-7-28/h1-6,15,29,31H,7-14,16-17,28H2,(H2,30,35). The van der Waals surface area contributed by atoms with Crippen LogP contribution in [0.25, 0.3) is 0 Å². The van der Waals surface area contributed by atoms with E-state index in [2.05, 4.69) is 5.32 Å². The Balaban J connectivity index is 1.56. The Morgan fingerprint density at radius 2 is 1.65 bits per heavy atom. The van der Waals surface area contributed by atoms with Gasteiger partial charge >= 0.3 is 0 Å².